The molecule has 40 heavy (non-hydrogen) atoms. The van der Waals surface area contributed by atoms with Gasteiger partial charge >= 0.3 is 0 Å². The highest BCUT2D eigenvalue weighted by molar-refractivity contribution is 5.89. The molecule has 1 aromatic heterocycles. The summed E-state index contributed by atoms with van der Waals surface area (Å²) in [5.41, 5.74) is 6.99. The number of nitrogens with zero attached hydrogens (tertiary/aromatic N) is 3. The maximum atomic E-state index is 13.8. The Bertz CT molecular complexity index is 1320. The van der Waals surface area contributed by atoms with Gasteiger partial charge in [0.15, 0.2) is 0 Å². The highest BCUT2D eigenvalue weighted by Gasteiger charge is 2.45. The Kier molecular flexibility index (Phi) is 8.00. The zero-order chi connectivity index (χ0) is 28.3. The van der Waals surface area contributed by atoms with E-state index in [0.29, 0.717) is 31.6 Å². The van der Waals surface area contributed by atoms with Crippen LogP contribution < -0.4 is 16.0 Å². The first-order chi connectivity index (χ1) is 19.2. The molecule has 2 saturated heterocycles. The summed E-state index contributed by atoms with van der Waals surface area (Å²) in [6.07, 6.45) is 3.98. The summed E-state index contributed by atoms with van der Waals surface area (Å²) in [7, 11) is 0. The van der Waals surface area contributed by atoms with Crippen LogP contribution in [0.5, 0.6) is 0 Å². The van der Waals surface area contributed by atoms with Crippen molar-refractivity contribution in [3.8, 4) is 0 Å². The molecule has 3 heterocycles. The van der Waals surface area contributed by atoms with E-state index in [0.717, 1.165) is 42.9 Å². The minimum Gasteiger partial charge on any atom is -0.397 e. The number of benzene rings is 2. The Labute approximate surface area is 233 Å². The van der Waals surface area contributed by atoms with Crippen LogP contribution in [0.2, 0.25) is 0 Å². The number of rotatable bonds is 6. The Morgan fingerprint density at radius 2 is 1.52 bits per heavy atom. The molecule has 2 amide bonds. The van der Waals surface area contributed by atoms with Crippen LogP contribution in [0.1, 0.15) is 49.8 Å². The van der Waals surface area contributed by atoms with Gasteiger partial charge in [-0.2, -0.15) is 0 Å². The van der Waals surface area contributed by atoms with Crippen molar-refractivity contribution in [2.45, 2.75) is 44.1 Å². The van der Waals surface area contributed by atoms with Crippen molar-refractivity contribution in [1.29, 1.82) is 0 Å². The van der Waals surface area contributed by atoms with Crippen LogP contribution in [0, 0.1) is 17.6 Å². The van der Waals surface area contributed by atoms with E-state index in [1.54, 1.807) is 30.5 Å². The molecule has 9 heteroatoms. The molecule has 0 radical (unpaired) electrons. The van der Waals surface area contributed by atoms with Crippen LogP contribution in [0.4, 0.5) is 20.3 Å². The number of piperidine rings is 2. The molecule has 2 aromatic carbocycles. The van der Waals surface area contributed by atoms with E-state index in [1.807, 2.05) is 24.0 Å². The third kappa shape index (κ3) is 5.78. The fourth-order valence-corrected chi connectivity index (χ4v) is 5.89. The second-order valence-corrected chi connectivity index (χ2v) is 10.9. The number of nitrogens with two attached hydrogens (primary N) is 1. The molecule has 2 fully saturated rings. The number of carbonyl (C=O) groups is 2. The summed E-state index contributed by atoms with van der Waals surface area (Å²) in [6.45, 7) is 4.21. The molecule has 0 unspecified atom stereocenters. The van der Waals surface area contributed by atoms with E-state index in [4.69, 9.17) is 5.73 Å². The van der Waals surface area contributed by atoms with E-state index in [2.05, 4.69) is 15.2 Å². The molecule has 2 aliphatic heterocycles. The van der Waals surface area contributed by atoms with Crippen molar-refractivity contribution < 1.29 is 18.4 Å². The van der Waals surface area contributed by atoms with Gasteiger partial charge in [-0.15, -0.1) is 0 Å². The molecule has 210 valence electrons. The van der Waals surface area contributed by atoms with Crippen molar-refractivity contribution in [3.63, 3.8) is 0 Å². The number of hydrogen-bond donors (Lipinski definition) is 2. The first kappa shape index (κ1) is 27.6. The third-order valence-electron chi connectivity index (χ3n) is 8.42. The summed E-state index contributed by atoms with van der Waals surface area (Å²) in [6, 6.07) is 15.5. The predicted octanol–water partition coefficient (Wildman–Crippen LogP) is 4.60. The van der Waals surface area contributed by atoms with Crippen molar-refractivity contribution in [3.05, 3.63) is 89.6 Å². The number of amides is 2. The van der Waals surface area contributed by atoms with Gasteiger partial charge in [0.1, 0.15) is 17.5 Å². The van der Waals surface area contributed by atoms with Crippen molar-refractivity contribution in [2.75, 3.05) is 36.8 Å². The van der Waals surface area contributed by atoms with E-state index >= 15 is 0 Å². The summed E-state index contributed by atoms with van der Waals surface area (Å²) < 4.78 is 27.2. The van der Waals surface area contributed by atoms with Gasteiger partial charge in [0.25, 0.3) is 0 Å². The van der Waals surface area contributed by atoms with E-state index in [-0.39, 0.29) is 35.4 Å². The van der Waals surface area contributed by atoms with Gasteiger partial charge in [-0.25, -0.2) is 13.8 Å². The Morgan fingerprint density at radius 1 is 0.925 bits per heavy atom. The van der Waals surface area contributed by atoms with Crippen molar-refractivity contribution in [2.24, 2.45) is 5.92 Å². The predicted molar refractivity (Wildman–Crippen MR) is 150 cm³/mol. The number of likely N-dealkylation sites (tertiary alicyclic amines) is 1. The van der Waals surface area contributed by atoms with Gasteiger partial charge in [-0.1, -0.05) is 24.3 Å². The molecular formula is C31H35F2N5O2. The molecule has 5 rings (SSSR count). The number of nitrogens with one attached hydrogen (secondary N) is 1. The minimum atomic E-state index is -0.900. The highest BCUT2D eigenvalue weighted by atomic mass is 19.1. The molecule has 1 atom stereocenters. The molecule has 7 nitrogen and oxygen atoms in total. The number of nitrogen functional groups attached to an aromatic ring is 1. The van der Waals surface area contributed by atoms with Gasteiger partial charge in [-0.3, -0.25) is 9.59 Å². The standard InChI is InChI=1S/C31H35F2N5O2/c1-21(22-2-6-25(32)7-3-22)36-30(40)31(24-4-8-26(33)9-5-24)14-18-38(19-15-31)29(39)23-12-16-37(17-13-23)28-11-10-27(34)20-35-28/h2-11,20-21,23H,12-19,34H2,1H3,(H,36,40)/t21-/m0/s1. The summed E-state index contributed by atoms with van der Waals surface area (Å²) >= 11 is 0. The van der Waals surface area contributed by atoms with Crippen LogP contribution in [0.3, 0.4) is 0 Å². The van der Waals surface area contributed by atoms with Crippen LogP contribution in [-0.2, 0) is 15.0 Å². The average Bonchev–Trinajstić information content (AvgIpc) is 2.98. The number of pyridine rings is 1. The lowest BCUT2D eigenvalue weighted by atomic mass is 9.71. The van der Waals surface area contributed by atoms with E-state index in [9.17, 15) is 18.4 Å². The van der Waals surface area contributed by atoms with Crippen molar-refractivity contribution >= 4 is 23.3 Å². The molecule has 0 aliphatic carbocycles. The summed E-state index contributed by atoms with van der Waals surface area (Å²) in [4.78, 5) is 35.8. The summed E-state index contributed by atoms with van der Waals surface area (Å²) in [5, 5.41) is 3.09. The number of aromatic nitrogens is 1. The third-order valence-corrected chi connectivity index (χ3v) is 8.42. The van der Waals surface area contributed by atoms with Crippen molar-refractivity contribution in [1.82, 2.24) is 15.2 Å². The van der Waals surface area contributed by atoms with Gasteiger partial charge in [-0.05, 0) is 80.1 Å². The lowest BCUT2D eigenvalue weighted by Crippen LogP contribution is -2.54. The second kappa shape index (κ2) is 11.6. The highest BCUT2D eigenvalue weighted by Crippen LogP contribution is 2.38. The smallest absolute Gasteiger partial charge is 0.231 e. The maximum Gasteiger partial charge on any atom is 0.231 e. The van der Waals surface area contributed by atoms with Gasteiger partial charge in [0.05, 0.1) is 23.3 Å². The molecule has 0 spiro atoms. The first-order valence-electron chi connectivity index (χ1n) is 13.8. The normalized spacial score (nSPS) is 18.3. The number of halogens is 2. The van der Waals surface area contributed by atoms with Crippen LogP contribution in [0.15, 0.2) is 66.9 Å². The van der Waals surface area contributed by atoms with E-state index < -0.39 is 5.41 Å². The largest absolute Gasteiger partial charge is 0.397 e. The zero-order valence-corrected chi connectivity index (χ0v) is 22.7. The Balaban J connectivity index is 1.25. The summed E-state index contributed by atoms with van der Waals surface area (Å²) in [5.74, 6) is 0.0329. The number of carbonyl (C=O) groups excluding carboxylic acids is 2. The molecule has 2 aliphatic rings. The molecule has 0 saturated carbocycles. The van der Waals surface area contributed by atoms with Crippen LogP contribution in [-0.4, -0.2) is 47.9 Å². The minimum absolute atomic E-state index is 0.0734. The fourth-order valence-electron chi connectivity index (χ4n) is 5.89. The molecule has 3 N–H and O–H groups in total. The number of anilines is 2. The first-order valence-corrected chi connectivity index (χ1v) is 13.8. The molecule has 3 aromatic rings. The average molecular weight is 548 g/mol. The lowest BCUT2D eigenvalue weighted by molar-refractivity contribution is -0.140. The topological polar surface area (TPSA) is 91.6 Å². The zero-order valence-electron chi connectivity index (χ0n) is 22.7. The van der Waals surface area contributed by atoms with Gasteiger partial charge in [0.2, 0.25) is 11.8 Å². The monoisotopic (exact) mass is 547 g/mol. The quantitative estimate of drug-likeness (QED) is 0.471. The van der Waals surface area contributed by atoms with Gasteiger partial charge < -0.3 is 20.9 Å². The SMILES string of the molecule is C[C@H](NC(=O)C1(c2ccc(F)cc2)CCN(C(=O)C2CCN(c3ccc(N)cn3)CC2)CC1)c1ccc(F)cc1. The number of hydrogen-bond acceptors (Lipinski definition) is 5. The van der Waals surface area contributed by atoms with Crippen LogP contribution in [0.25, 0.3) is 0 Å². The Morgan fingerprint density at radius 3 is 2.10 bits per heavy atom. The van der Waals surface area contributed by atoms with Gasteiger partial charge in [0, 0.05) is 32.1 Å². The fraction of sp³-hybridized carbons (Fsp3) is 0.387. The maximum absolute atomic E-state index is 13.8. The molecule has 0 bridgehead atoms. The van der Waals surface area contributed by atoms with Crippen LogP contribution >= 0.6 is 0 Å². The molecular weight excluding hydrogens is 512 g/mol. The lowest BCUT2D eigenvalue weighted by Gasteiger charge is -2.43. The van der Waals surface area contributed by atoms with E-state index in [1.165, 1.54) is 24.3 Å². The Hall–Kier alpha value is -4.01. The second-order valence-electron chi connectivity index (χ2n) is 10.9.